The van der Waals surface area contributed by atoms with Gasteiger partial charge in [0.2, 0.25) is 0 Å². The van der Waals surface area contributed by atoms with Crippen molar-refractivity contribution in [2.45, 2.75) is 32.8 Å². The van der Waals surface area contributed by atoms with Crippen molar-refractivity contribution in [2.24, 2.45) is 0 Å². The third-order valence-corrected chi connectivity index (χ3v) is 3.85. The fourth-order valence-electron chi connectivity index (χ4n) is 2.48. The van der Waals surface area contributed by atoms with Crippen LogP contribution in [0, 0.1) is 11.3 Å². The number of benzene rings is 2. The maximum Gasteiger partial charge on any atom is 0.306 e. The number of esters is 1. The second-order valence-electron chi connectivity index (χ2n) is 5.82. The number of nitriles is 1. The molecule has 0 aliphatic heterocycles. The van der Waals surface area contributed by atoms with Crippen LogP contribution >= 0.6 is 0 Å². The van der Waals surface area contributed by atoms with Crippen LogP contribution in [0.1, 0.15) is 31.4 Å². The van der Waals surface area contributed by atoms with Gasteiger partial charge < -0.3 is 14.8 Å². The highest BCUT2D eigenvalue weighted by atomic mass is 16.5. The van der Waals surface area contributed by atoms with E-state index in [1.807, 2.05) is 37.3 Å². The van der Waals surface area contributed by atoms with E-state index >= 15 is 0 Å². The van der Waals surface area contributed by atoms with Crippen LogP contribution in [0.25, 0.3) is 0 Å². The molecule has 27 heavy (non-hydrogen) atoms. The van der Waals surface area contributed by atoms with Crippen molar-refractivity contribution in [2.75, 3.05) is 11.9 Å². The molecule has 1 unspecified atom stereocenters. The van der Waals surface area contributed by atoms with Crippen molar-refractivity contribution >= 4 is 17.6 Å². The Labute approximate surface area is 158 Å². The number of rotatable bonds is 8. The number of hydrogen-bond donors (Lipinski definition) is 1. The number of amides is 1. The van der Waals surface area contributed by atoms with E-state index in [4.69, 9.17) is 14.7 Å². The number of hydrogen-bond acceptors (Lipinski definition) is 5. The summed E-state index contributed by atoms with van der Waals surface area (Å²) in [7, 11) is 0. The van der Waals surface area contributed by atoms with Crippen LogP contribution < -0.4 is 10.1 Å². The highest BCUT2D eigenvalue weighted by Gasteiger charge is 2.19. The minimum absolute atomic E-state index is 0.135. The molecule has 2 rings (SSSR count). The Kier molecular flexibility index (Phi) is 7.38. The van der Waals surface area contributed by atoms with E-state index in [0.29, 0.717) is 24.3 Å². The molecule has 1 N–H and O–H groups in total. The molecule has 0 aliphatic carbocycles. The van der Waals surface area contributed by atoms with Gasteiger partial charge in [-0.05, 0) is 44.0 Å². The average molecular weight is 366 g/mol. The second kappa shape index (κ2) is 9.97. The number of para-hydroxylation sites is 2. The van der Waals surface area contributed by atoms with Gasteiger partial charge in [0, 0.05) is 6.42 Å². The normalized spacial score (nSPS) is 11.1. The molecule has 140 valence electrons. The molecular weight excluding hydrogens is 344 g/mol. The van der Waals surface area contributed by atoms with Gasteiger partial charge in [-0.25, -0.2) is 0 Å². The summed E-state index contributed by atoms with van der Waals surface area (Å²) in [5, 5.41) is 11.7. The quantitative estimate of drug-likeness (QED) is 0.723. The molecule has 6 heteroatoms. The van der Waals surface area contributed by atoms with Crippen molar-refractivity contribution < 1.29 is 19.1 Å². The van der Waals surface area contributed by atoms with Gasteiger partial charge in [0.1, 0.15) is 11.8 Å². The molecule has 0 aliphatic rings. The molecule has 0 saturated carbocycles. The first kappa shape index (κ1) is 20.0. The standard InChI is InChI=1S/C21H22N2O4/c1-3-26-19-11-7-5-8-16(19)12-13-20(24)27-15(2)21(25)23-18-10-6-4-9-17(18)14-22/h4-11,15H,3,12-13H2,1-2H3,(H,23,25). The van der Waals surface area contributed by atoms with Gasteiger partial charge in [-0.1, -0.05) is 30.3 Å². The predicted octanol–water partition coefficient (Wildman–Crippen LogP) is 3.46. The van der Waals surface area contributed by atoms with Crippen molar-refractivity contribution in [3.05, 3.63) is 59.7 Å². The third-order valence-electron chi connectivity index (χ3n) is 3.85. The molecule has 0 saturated heterocycles. The molecule has 2 aromatic rings. The van der Waals surface area contributed by atoms with Gasteiger partial charge in [0.25, 0.3) is 5.91 Å². The van der Waals surface area contributed by atoms with E-state index in [1.54, 1.807) is 24.3 Å². The first-order valence-electron chi connectivity index (χ1n) is 8.75. The zero-order valence-electron chi connectivity index (χ0n) is 15.4. The number of ether oxygens (including phenoxy) is 2. The molecule has 0 aromatic heterocycles. The van der Waals surface area contributed by atoms with Crippen LogP contribution in [0.4, 0.5) is 5.69 Å². The van der Waals surface area contributed by atoms with Gasteiger partial charge in [0.05, 0.1) is 17.9 Å². The van der Waals surface area contributed by atoms with Gasteiger partial charge in [0.15, 0.2) is 6.10 Å². The topological polar surface area (TPSA) is 88.4 Å². The monoisotopic (exact) mass is 366 g/mol. The summed E-state index contributed by atoms with van der Waals surface area (Å²) in [6, 6.07) is 16.1. The molecule has 6 nitrogen and oxygen atoms in total. The Morgan fingerprint density at radius 2 is 1.85 bits per heavy atom. The third kappa shape index (κ3) is 5.86. The first-order chi connectivity index (χ1) is 13.0. The van der Waals surface area contributed by atoms with Crippen LogP contribution in [0.2, 0.25) is 0 Å². The van der Waals surface area contributed by atoms with Crippen molar-refractivity contribution in [3.63, 3.8) is 0 Å². The summed E-state index contributed by atoms with van der Waals surface area (Å²) in [4.78, 5) is 24.3. The lowest BCUT2D eigenvalue weighted by atomic mass is 10.1. The largest absolute Gasteiger partial charge is 0.494 e. The number of nitrogens with zero attached hydrogens (tertiary/aromatic N) is 1. The average Bonchev–Trinajstić information content (AvgIpc) is 2.68. The number of carbonyl (C=O) groups is 2. The molecule has 0 bridgehead atoms. The lowest BCUT2D eigenvalue weighted by molar-refractivity contribution is -0.153. The molecule has 1 atom stereocenters. The lowest BCUT2D eigenvalue weighted by Crippen LogP contribution is -2.30. The van der Waals surface area contributed by atoms with E-state index in [-0.39, 0.29) is 6.42 Å². The minimum Gasteiger partial charge on any atom is -0.494 e. The van der Waals surface area contributed by atoms with Crippen LogP contribution in [0.5, 0.6) is 5.75 Å². The smallest absolute Gasteiger partial charge is 0.306 e. The SMILES string of the molecule is CCOc1ccccc1CCC(=O)OC(C)C(=O)Nc1ccccc1C#N. The lowest BCUT2D eigenvalue weighted by Gasteiger charge is -2.14. The molecule has 0 heterocycles. The van der Waals surface area contributed by atoms with Crippen LogP contribution in [0.3, 0.4) is 0 Å². The molecule has 0 spiro atoms. The molecule has 0 radical (unpaired) electrons. The second-order valence-corrected chi connectivity index (χ2v) is 5.82. The van der Waals surface area contributed by atoms with E-state index in [9.17, 15) is 9.59 Å². The fraction of sp³-hybridized carbons (Fsp3) is 0.286. The van der Waals surface area contributed by atoms with E-state index < -0.39 is 18.0 Å². The van der Waals surface area contributed by atoms with E-state index in [0.717, 1.165) is 11.3 Å². The first-order valence-corrected chi connectivity index (χ1v) is 8.75. The van der Waals surface area contributed by atoms with E-state index in [1.165, 1.54) is 6.92 Å². The summed E-state index contributed by atoms with van der Waals surface area (Å²) in [6.07, 6.45) is -0.372. The fourth-order valence-corrected chi connectivity index (χ4v) is 2.48. The molecule has 2 aromatic carbocycles. The summed E-state index contributed by atoms with van der Waals surface area (Å²) in [6.45, 7) is 3.94. The van der Waals surface area contributed by atoms with Gasteiger partial charge >= 0.3 is 5.97 Å². The molecule has 1 amide bonds. The number of anilines is 1. The minimum atomic E-state index is -0.966. The summed E-state index contributed by atoms with van der Waals surface area (Å²) in [5.41, 5.74) is 1.65. The summed E-state index contributed by atoms with van der Waals surface area (Å²) >= 11 is 0. The maximum absolute atomic E-state index is 12.2. The van der Waals surface area contributed by atoms with Crippen LogP contribution in [0.15, 0.2) is 48.5 Å². The molecular formula is C21H22N2O4. The van der Waals surface area contributed by atoms with E-state index in [2.05, 4.69) is 5.32 Å². The van der Waals surface area contributed by atoms with Gasteiger partial charge in [-0.2, -0.15) is 5.26 Å². The Morgan fingerprint density at radius 1 is 1.15 bits per heavy atom. The Balaban J connectivity index is 1.88. The number of carbonyl (C=O) groups excluding carboxylic acids is 2. The predicted molar refractivity (Wildman–Crippen MR) is 101 cm³/mol. The highest BCUT2D eigenvalue weighted by molar-refractivity contribution is 5.96. The van der Waals surface area contributed by atoms with Gasteiger partial charge in [-0.15, -0.1) is 0 Å². The highest BCUT2D eigenvalue weighted by Crippen LogP contribution is 2.20. The van der Waals surface area contributed by atoms with Crippen molar-refractivity contribution in [3.8, 4) is 11.8 Å². The van der Waals surface area contributed by atoms with Crippen LogP contribution in [-0.4, -0.2) is 24.6 Å². The Bertz CT molecular complexity index is 842. The number of nitrogens with one attached hydrogen (secondary N) is 1. The Morgan fingerprint density at radius 3 is 2.59 bits per heavy atom. The maximum atomic E-state index is 12.2. The molecule has 0 fully saturated rings. The zero-order valence-corrected chi connectivity index (χ0v) is 15.4. The summed E-state index contributed by atoms with van der Waals surface area (Å²) < 4.78 is 10.7. The van der Waals surface area contributed by atoms with Gasteiger partial charge in [-0.3, -0.25) is 9.59 Å². The summed E-state index contributed by atoms with van der Waals surface area (Å²) in [5.74, 6) is -0.218. The van der Waals surface area contributed by atoms with Crippen LogP contribution in [-0.2, 0) is 20.7 Å². The zero-order chi connectivity index (χ0) is 19.6. The number of aryl methyl sites for hydroxylation is 1. The van der Waals surface area contributed by atoms with Crippen molar-refractivity contribution in [1.82, 2.24) is 0 Å². The Hall–Kier alpha value is -3.33. The van der Waals surface area contributed by atoms with Crippen molar-refractivity contribution in [1.29, 1.82) is 5.26 Å².